The van der Waals surface area contributed by atoms with E-state index in [1.807, 2.05) is 13.8 Å². The third kappa shape index (κ3) is 4.22. The number of alkyl halides is 3. The van der Waals surface area contributed by atoms with Gasteiger partial charge in [0.2, 0.25) is 0 Å². The van der Waals surface area contributed by atoms with E-state index in [9.17, 15) is 13.2 Å². The first-order chi connectivity index (χ1) is 7.74. The molecule has 0 aliphatic heterocycles. The molecule has 0 spiro atoms. The van der Waals surface area contributed by atoms with E-state index in [4.69, 9.17) is 5.73 Å². The Morgan fingerprint density at radius 1 is 1.29 bits per heavy atom. The van der Waals surface area contributed by atoms with Crippen molar-refractivity contribution >= 4 is 5.82 Å². The number of anilines is 1. The molecule has 0 aliphatic carbocycles. The second-order valence-electron chi connectivity index (χ2n) is 4.65. The van der Waals surface area contributed by atoms with Gasteiger partial charge in [-0.3, -0.25) is 0 Å². The van der Waals surface area contributed by atoms with Gasteiger partial charge in [-0.25, -0.2) is 4.98 Å². The Morgan fingerprint density at radius 2 is 1.94 bits per heavy atom. The number of nitrogens with two attached hydrogens (primary N) is 1. The van der Waals surface area contributed by atoms with Gasteiger partial charge in [0.05, 0.1) is 5.56 Å². The molecule has 17 heavy (non-hydrogen) atoms. The molecule has 1 rings (SSSR count). The van der Waals surface area contributed by atoms with Crippen LogP contribution >= 0.6 is 0 Å². The van der Waals surface area contributed by atoms with E-state index in [-0.39, 0.29) is 5.41 Å². The molecule has 3 N–H and O–H groups in total. The van der Waals surface area contributed by atoms with Crippen molar-refractivity contribution in [1.82, 2.24) is 4.98 Å². The van der Waals surface area contributed by atoms with Crippen LogP contribution in [-0.2, 0) is 6.18 Å². The quantitative estimate of drug-likeness (QED) is 0.859. The number of nitrogens with zero attached hydrogens (tertiary/aromatic N) is 1. The lowest BCUT2D eigenvalue weighted by molar-refractivity contribution is -0.137. The van der Waals surface area contributed by atoms with Crippen LogP contribution in [0.2, 0.25) is 0 Å². The van der Waals surface area contributed by atoms with Gasteiger partial charge >= 0.3 is 6.18 Å². The van der Waals surface area contributed by atoms with E-state index in [2.05, 4.69) is 10.3 Å². The highest BCUT2D eigenvalue weighted by Gasteiger charge is 2.30. The molecule has 1 aromatic heterocycles. The number of hydrogen-bond acceptors (Lipinski definition) is 3. The van der Waals surface area contributed by atoms with E-state index in [1.165, 1.54) is 6.07 Å². The summed E-state index contributed by atoms with van der Waals surface area (Å²) in [5, 5.41) is 2.96. The van der Waals surface area contributed by atoms with Gasteiger partial charge in [-0.05, 0) is 24.1 Å². The molecule has 0 saturated heterocycles. The van der Waals surface area contributed by atoms with Crippen LogP contribution in [0, 0.1) is 5.41 Å². The fourth-order valence-electron chi connectivity index (χ4n) is 1.07. The third-order valence-corrected chi connectivity index (χ3v) is 2.39. The van der Waals surface area contributed by atoms with Gasteiger partial charge in [-0.15, -0.1) is 0 Å². The van der Waals surface area contributed by atoms with Crippen molar-refractivity contribution in [3.05, 3.63) is 23.9 Å². The first kappa shape index (κ1) is 13.8. The number of rotatable bonds is 4. The van der Waals surface area contributed by atoms with Crippen LogP contribution in [0.1, 0.15) is 19.4 Å². The maximum absolute atomic E-state index is 12.3. The van der Waals surface area contributed by atoms with Crippen molar-refractivity contribution in [1.29, 1.82) is 0 Å². The van der Waals surface area contributed by atoms with Gasteiger partial charge in [0.1, 0.15) is 5.82 Å². The Morgan fingerprint density at radius 3 is 2.35 bits per heavy atom. The highest BCUT2D eigenvalue weighted by molar-refractivity contribution is 5.36. The first-order valence-electron chi connectivity index (χ1n) is 5.22. The molecule has 1 aromatic rings. The molecule has 0 aromatic carbocycles. The van der Waals surface area contributed by atoms with Crippen LogP contribution in [0.4, 0.5) is 19.0 Å². The molecular weight excluding hydrogens is 231 g/mol. The Kier molecular flexibility index (Phi) is 3.98. The second-order valence-corrected chi connectivity index (χ2v) is 4.65. The van der Waals surface area contributed by atoms with Gasteiger partial charge in [0, 0.05) is 12.7 Å². The Bertz CT molecular complexity index is 357. The van der Waals surface area contributed by atoms with Gasteiger partial charge in [0.25, 0.3) is 0 Å². The SMILES string of the molecule is CC(C)(CN)CNc1ccc(C(F)(F)F)cn1. The Balaban J connectivity index is 2.64. The molecular formula is C11H16F3N3. The molecule has 0 saturated carbocycles. The van der Waals surface area contributed by atoms with Gasteiger partial charge in [-0.1, -0.05) is 13.8 Å². The van der Waals surface area contributed by atoms with Crippen molar-refractivity contribution < 1.29 is 13.2 Å². The molecule has 0 atom stereocenters. The molecule has 0 amide bonds. The molecule has 0 aliphatic rings. The number of aromatic nitrogens is 1. The smallest absolute Gasteiger partial charge is 0.369 e. The minimum absolute atomic E-state index is 0.121. The standard InChI is InChI=1S/C11H16F3N3/c1-10(2,6-15)7-17-9-4-3-8(5-16-9)11(12,13)14/h3-5H,6-7,15H2,1-2H3,(H,16,17). The molecule has 3 nitrogen and oxygen atoms in total. The zero-order valence-corrected chi connectivity index (χ0v) is 9.80. The van der Waals surface area contributed by atoms with E-state index >= 15 is 0 Å². The minimum atomic E-state index is -4.35. The van der Waals surface area contributed by atoms with E-state index in [0.29, 0.717) is 18.9 Å². The Labute approximate surface area is 98.2 Å². The van der Waals surface area contributed by atoms with Crippen molar-refractivity contribution in [2.45, 2.75) is 20.0 Å². The van der Waals surface area contributed by atoms with Crippen LogP contribution in [-0.4, -0.2) is 18.1 Å². The maximum Gasteiger partial charge on any atom is 0.417 e. The largest absolute Gasteiger partial charge is 0.417 e. The van der Waals surface area contributed by atoms with Crippen LogP contribution in [0.25, 0.3) is 0 Å². The summed E-state index contributed by atoms with van der Waals surface area (Å²) in [6, 6.07) is 2.32. The van der Waals surface area contributed by atoms with E-state index < -0.39 is 11.7 Å². The lowest BCUT2D eigenvalue weighted by Gasteiger charge is -2.22. The summed E-state index contributed by atoms with van der Waals surface area (Å²) in [7, 11) is 0. The molecule has 0 unspecified atom stereocenters. The maximum atomic E-state index is 12.3. The summed E-state index contributed by atoms with van der Waals surface area (Å²) in [5.41, 5.74) is 4.67. The van der Waals surface area contributed by atoms with Crippen molar-refractivity contribution in [2.24, 2.45) is 11.1 Å². The minimum Gasteiger partial charge on any atom is -0.369 e. The van der Waals surface area contributed by atoms with Crippen LogP contribution in [0.15, 0.2) is 18.3 Å². The molecule has 0 radical (unpaired) electrons. The molecule has 96 valence electrons. The third-order valence-electron chi connectivity index (χ3n) is 2.39. The van der Waals surface area contributed by atoms with Crippen LogP contribution in [0.3, 0.4) is 0 Å². The van der Waals surface area contributed by atoms with Crippen LogP contribution < -0.4 is 11.1 Å². The fourth-order valence-corrected chi connectivity index (χ4v) is 1.07. The molecule has 0 bridgehead atoms. The number of hydrogen-bond donors (Lipinski definition) is 2. The number of halogens is 3. The summed E-state index contributed by atoms with van der Waals surface area (Å²) >= 11 is 0. The van der Waals surface area contributed by atoms with Crippen LogP contribution in [0.5, 0.6) is 0 Å². The molecule has 6 heteroatoms. The molecule has 1 heterocycles. The zero-order chi connectivity index (χ0) is 13.1. The average Bonchev–Trinajstić information content (AvgIpc) is 2.26. The van der Waals surface area contributed by atoms with Gasteiger partial charge in [-0.2, -0.15) is 13.2 Å². The Hall–Kier alpha value is -1.30. The number of nitrogens with one attached hydrogen (secondary N) is 1. The van der Waals surface area contributed by atoms with Crippen molar-refractivity contribution in [3.63, 3.8) is 0 Å². The van der Waals surface area contributed by atoms with Crippen molar-refractivity contribution in [2.75, 3.05) is 18.4 Å². The predicted octanol–water partition coefficient (Wildman–Crippen LogP) is 2.50. The molecule has 0 fully saturated rings. The summed E-state index contributed by atoms with van der Waals surface area (Å²) in [4.78, 5) is 3.71. The van der Waals surface area contributed by atoms with Crippen molar-refractivity contribution in [3.8, 4) is 0 Å². The van der Waals surface area contributed by atoms with Gasteiger partial charge < -0.3 is 11.1 Å². The lowest BCUT2D eigenvalue weighted by Crippen LogP contribution is -2.31. The fraction of sp³-hybridized carbons (Fsp3) is 0.545. The first-order valence-corrected chi connectivity index (χ1v) is 5.22. The highest BCUT2D eigenvalue weighted by Crippen LogP contribution is 2.28. The summed E-state index contributed by atoms with van der Waals surface area (Å²) in [5.74, 6) is 0.416. The summed E-state index contributed by atoms with van der Waals surface area (Å²) < 4.78 is 36.8. The lowest BCUT2D eigenvalue weighted by atomic mass is 9.94. The average molecular weight is 247 g/mol. The van der Waals surface area contributed by atoms with E-state index in [0.717, 1.165) is 12.3 Å². The van der Waals surface area contributed by atoms with Gasteiger partial charge in [0.15, 0.2) is 0 Å². The summed E-state index contributed by atoms with van der Waals surface area (Å²) in [6.07, 6.45) is -3.53. The zero-order valence-electron chi connectivity index (χ0n) is 9.80. The highest BCUT2D eigenvalue weighted by atomic mass is 19.4. The monoisotopic (exact) mass is 247 g/mol. The second kappa shape index (κ2) is 4.91. The summed E-state index contributed by atoms with van der Waals surface area (Å²) in [6.45, 7) is 4.97. The normalized spacial score (nSPS) is 12.6. The topological polar surface area (TPSA) is 50.9 Å². The number of pyridine rings is 1. The van der Waals surface area contributed by atoms with E-state index in [1.54, 1.807) is 0 Å². The predicted molar refractivity (Wildman–Crippen MR) is 60.6 cm³/mol.